The van der Waals surface area contributed by atoms with E-state index in [0.717, 1.165) is 16.8 Å². The lowest BCUT2D eigenvalue weighted by molar-refractivity contribution is 0.0730. The number of anilines is 1. The van der Waals surface area contributed by atoms with Crippen LogP contribution in [0.1, 0.15) is 27.0 Å². The number of morpholine rings is 1. The number of ether oxygens (including phenoxy) is 1. The lowest BCUT2D eigenvalue weighted by Gasteiger charge is -2.26. The van der Waals surface area contributed by atoms with Crippen molar-refractivity contribution in [2.45, 2.75) is 25.7 Å². The van der Waals surface area contributed by atoms with Crippen molar-refractivity contribution in [3.63, 3.8) is 0 Å². The Morgan fingerprint density at radius 2 is 1.78 bits per heavy atom. The van der Waals surface area contributed by atoms with Gasteiger partial charge >= 0.3 is 0 Å². The molecule has 2 aromatic carbocycles. The van der Waals surface area contributed by atoms with E-state index < -0.39 is 15.9 Å². The Morgan fingerprint density at radius 1 is 1.06 bits per heavy atom. The first kappa shape index (κ1) is 22.6. The van der Waals surface area contributed by atoms with Gasteiger partial charge in [-0.25, -0.2) is 13.4 Å². The summed E-state index contributed by atoms with van der Waals surface area (Å²) in [5, 5.41) is 5.16. The number of thiazole rings is 1. The summed E-state index contributed by atoms with van der Waals surface area (Å²) in [5.74, 6) is -0.401. The van der Waals surface area contributed by atoms with Crippen molar-refractivity contribution in [2.24, 2.45) is 0 Å². The summed E-state index contributed by atoms with van der Waals surface area (Å²) in [5.41, 5.74) is 5.62. The molecule has 0 spiro atoms. The Bertz CT molecular complexity index is 1260. The van der Waals surface area contributed by atoms with Crippen LogP contribution in [0.15, 0.2) is 46.7 Å². The molecule has 1 aromatic heterocycles. The second-order valence-electron chi connectivity index (χ2n) is 7.79. The number of carbonyl (C=O) groups excluding carboxylic acids is 1. The van der Waals surface area contributed by atoms with Crippen LogP contribution in [0.2, 0.25) is 0 Å². The minimum atomic E-state index is -3.67. The average molecular weight is 472 g/mol. The van der Waals surface area contributed by atoms with Crippen LogP contribution in [0.3, 0.4) is 0 Å². The van der Waals surface area contributed by atoms with Gasteiger partial charge in [-0.15, -0.1) is 11.3 Å². The van der Waals surface area contributed by atoms with Crippen molar-refractivity contribution in [1.29, 1.82) is 0 Å². The Labute approximate surface area is 192 Å². The Hall–Kier alpha value is -2.59. The van der Waals surface area contributed by atoms with E-state index in [2.05, 4.69) is 36.3 Å². The fourth-order valence-electron chi connectivity index (χ4n) is 3.59. The third-order valence-electron chi connectivity index (χ3n) is 5.55. The van der Waals surface area contributed by atoms with Gasteiger partial charge in [0.2, 0.25) is 10.0 Å². The molecular formula is C23H25N3O4S2. The third-order valence-corrected chi connectivity index (χ3v) is 8.20. The molecule has 7 nitrogen and oxygen atoms in total. The number of aryl methyl sites for hydroxylation is 3. The smallest absolute Gasteiger partial charge is 0.257 e. The first-order valence-corrected chi connectivity index (χ1v) is 12.6. The van der Waals surface area contributed by atoms with Gasteiger partial charge in [-0.1, -0.05) is 12.1 Å². The molecule has 9 heteroatoms. The largest absolute Gasteiger partial charge is 0.379 e. The van der Waals surface area contributed by atoms with Gasteiger partial charge in [0.15, 0.2) is 5.13 Å². The third kappa shape index (κ3) is 4.61. The van der Waals surface area contributed by atoms with Gasteiger partial charge in [-0.05, 0) is 61.7 Å². The number of amides is 1. The van der Waals surface area contributed by atoms with E-state index in [0.29, 0.717) is 31.4 Å². The van der Waals surface area contributed by atoms with Gasteiger partial charge in [0, 0.05) is 29.6 Å². The Balaban J connectivity index is 1.53. The van der Waals surface area contributed by atoms with E-state index in [-0.39, 0.29) is 10.5 Å². The highest BCUT2D eigenvalue weighted by Gasteiger charge is 2.27. The van der Waals surface area contributed by atoms with Crippen molar-refractivity contribution in [3.05, 3.63) is 64.0 Å². The van der Waals surface area contributed by atoms with Crippen molar-refractivity contribution >= 4 is 32.4 Å². The zero-order chi connectivity index (χ0) is 22.9. The summed E-state index contributed by atoms with van der Waals surface area (Å²) in [6, 6.07) is 10.3. The number of sulfonamides is 1. The lowest BCUT2D eigenvalue weighted by Crippen LogP contribution is -2.40. The summed E-state index contributed by atoms with van der Waals surface area (Å²) < 4.78 is 32.4. The van der Waals surface area contributed by atoms with E-state index in [1.54, 1.807) is 12.1 Å². The average Bonchev–Trinajstić information content (AvgIpc) is 3.25. The molecule has 1 aliphatic rings. The SMILES string of the molecule is Cc1cc(C)c(-c2csc(NC(=O)c3cccc(S(=O)(=O)N4CCOCC4)c3)n2)cc1C. The molecule has 0 unspecified atom stereocenters. The number of hydrogen-bond donors (Lipinski definition) is 1. The molecule has 4 rings (SSSR count). The zero-order valence-corrected chi connectivity index (χ0v) is 19.8. The molecule has 0 saturated carbocycles. The number of aromatic nitrogens is 1. The maximum absolute atomic E-state index is 12.9. The summed E-state index contributed by atoms with van der Waals surface area (Å²) in [6.07, 6.45) is 0. The first-order valence-electron chi connectivity index (χ1n) is 10.3. The Morgan fingerprint density at radius 3 is 2.53 bits per heavy atom. The molecule has 32 heavy (non-hydrogen) atoms. The number of rotatable bonds is 5. The molecule has 0 radical (unpaired) electrons. The second kappa shape index (κ2) is 9.11. The molecule has 1 aliphatic heterocycles. The number of benzene rings is 2. The molecule has 3 aromatic rings. The normalized spacial score (nSPS) is 15.0. The second-order valence-corrected chi connectivity index (χ2v) is 10.6. The zero-order valence-electron chi connectivity index (χ0n) is 18.2. The molecule has 1 saturated heterocycles. The maximum Gasteiger partial charge on any atom is 0.257 e. The van der Waals surface area contributed by atoms with Crippen LogP contribution in [0.5, 0.6) is 0 Å². The first-order chi connectivity index (χ1) is 15.3. The van der Waals surface area contributed by atoms with E-state index in [1.165, 1.54) is 38.9 Å². The van der Waals surface area contributed by atoms with E-state index in [4.69, 9.17) is 4.74 Å². The van der Waals surface area contributed by atoms with Crippen LogP contribution in [0, 0.1) is 20.8 Å². The monoisotopic (exact) mass is 471 g/mol. The van der Waals surface area contributed by atoms with Crippen LogP contribution in [-0.4, -0.2) is 49.9 Å². The standard InChI is InChI=1S/C23H25N3O4S2/c1-15-11-17(3)20(12-16(15)2)21-14-31-23(24-21)25-22(27)18-5-4-6-19(13-18)32(28,29)26-7-9-30-10-8-26/h4-6,11-14H,7-10H2,1-3H3,(H,24,25,27). The van der Waals surface area contributed by atoms with E-state index >= 15 is 0 Å². The molecule has 168 valence electrons. The molecule has 0 aliphatic carbocycles. The van der Waals surface area contributed by atoms with E-state index in [9.17, 15) is 13.2 Å². The van der Waals surface area contributed by atoms with Crippen LogP contribution in [0.4, 0.5) is 5.13 Å². The van der Waals surface area contributed by atoms with Crippen molar-refractivity contribution in [3.8, 4) is 11.3 Å². The van der Waals surface area contributed by atoms with E-state index in [1.807, 2.05) is 12.3 Å². The highest BCUT2D eigenvalue weighted by Crippen LogP contribution is 2.30. The highest BCUT2D eigenvalue weighted by atomic mass is 32.2. The molecule has 1 N–H and O–H groups in total. The topological polar surface area (TPSA) is 88.6 Å². The van der Waals surface area contributed by atoms with Crippen molar-refractivity contribution < 1.29 is 17.9 Å². The highest BCUT2D eigenvalue weighted by molar-refractivity contribution is 7.89. The summed E-state index contributed by atoms with van der Waals surface area (Å²) in [6.45, 7) is 7.52. The van der Waals surface area contributed by atoms with Crippen LogP contribution in [0.25, 0.3) is 11.3 Å². The summed E-state index contributed by atoms with van der Waals surface area (Å²) in [7, 11) is -3.67. The molecule has 1 fully saturated rings. The fourth-order valence-corrected chi connectivity index (χ4v) is 5.75. The number of hydrogen-bond acceptors (Lipinski definition) is 6. The maximum atomic E-state index is 12.9. The van der Waals surface area contributed by atoms with Gasteiger partial charge in [-0.3, -0.25) is 10.1 Å². The Kier molecular flexibility index (Phi) is 6.43. The predicted molar refractivity (Wildman–Crippen MR) is 126 cm³/mol. The van der Waals surface area contributed by atoms with Gasteiger partial charge in [0.1, 0.15) is 0 Å². The number of nitrogens with one attached hydrogen (secondary N) is 1. The quantitative estimate of drug-likeness (QED) is 0.607. The van der Waals surface area contributed by atoms with Gasteiger partial charge in [0.05, 0.1) is 23.8 Å². The number of nitrogens with zero attached hydrogens (tertiary/aromatic N) is 2. The number of carbonyl (C=O) groups is 1. The van der Waals surface area contributed by atoms with Crippen LogP contribution in [-0.2, 0) is 14.8 Å². The van der Waals surface area contributed by atoms with Crippen LogP contribution < -0.4 is 5.32 Å². The fraction of sp³-hybridized carbons (Fsp3) is 0.304. The van der Waals surface area contributed by atoms with Crippen molar-refractivity contribution in [1.82, 2.24) is 9.29 Å². The summed E-state index contributed by atoms with van der Waals surface area (Å²) >= 11 is 1.34. The molecule has 0 bridgehead atoms. The van der Waals surface area contributed by atoms with Gasteiger partial charge in [0.25, 0.3) is 5.91 Å². The predicted octanol–water partition coefficient (Wildman–Crippen LogP) is 4.01. The minimum absolute atomic E-state index is 0.0950. The molecular weight excluding hydrogens is 446 g/mol. The molecule has 2 heterocycles. The lowest BCUT2D eigenvalue weighted by atomic mass is 9.99. The van der Waals surface area contributed by atoms with Crippen LogP contribution >= 0.6 is 11.3 Å². The van der Waals surface area contributed by atoms with Gasteiger partial charge in [-0.2, -0.15) is 4.31 Å². The van der Waals surface area contributed by atoms with Gasteiger partial charge < -0.3 is 4.74 Å². The summed E-state index contributed by atoms with van der Waals surface area (Å²) in [4.78, 5) is 17.5. The molecule has 1 amide bonds. The minimum Gasteiger partial charge on any atom is -0.379 e. The molecule has 0 atom stereocenters. The van der Waals surface area contributed by atoms with Crippen molar-refractivity contribution in [2.75, 3.05) is 31.6 Å².